The Kier molecular flexibility index (Phi) is 8.30. The second-order valence-electron chi connectivity index (χ2n) is 11.5. The van der Waals surface area contributed by atoms with E-state index in [0.717, 1.165) is 62.6 Å². The summed E-state index contributed by atoms with van der Waals surface area (Å²) in [6.45, 7) is 5.53. The molecule has 41 heavy (non-hydrogen) atoms. The quantitative estimate of drug-likeness (QED) is 0.363. The fraction of sp³-hybridized carbons (Fsp3) is 0.467. The second kappa shape index (κ2) is 12.1. The number of pyridine rings is 1. The summed E-state index contributed by atoms with van der Waals surface area (Å²) in [6.07, 6.45) is 6.57. The number of piperidine rings is 1. The third kappa shape index (κ3) is 6.75. The number of likely N-dealkylation sites (N-methyl/N-ethyl adjacent to an activating group) is 1. The van der Waals surface area contributed by atoms with Crippen molar-refractivity contribution in [1.29, 1.82) is 0 Å². The fourth-order valence-corrected chi connectivity index (χ4v) is 6.98. The molecule has 5 heterocycles. The zero-order chi connectivity index (χ0) is 28.5. The first-order chi connectivity index (χ1) is 19.8. The van der Waals surface area contributed by atoms with E-state index in [4.69, 9.17) is 38.0 Å². The number of hydrogen-bond donors (Lipinski definition) is 1. The molecule has 3 saturated heterocycles. The molecule has 3 aromatic rings. The van der Waals surface area contributed by atoms with Crippen molar-refractivity contribution in [3.8, 4) is 22.9 Å². The monoisotopic (exact) mass is 596 g/mol. The third-order valence-corrected chi connectivity index (χ3v) is 8.86. The molecule has 1 aromatic carbocycles. The molecule has 3 aliphatic heterocycles. The number of carboxylic acids is 1. The van der Waals surface area contributed by atoms with Gasteiger partial charge in [0.05, 0.1) is 18.1 Å². The first kappa shape index (κ1) is 28.2. The maximum atomic E-state index is 11.1. The van der Waals surface area contributed by atoms with E-state index in [1.54, 1.807) is 18.5 Å². The number of ether oxygens (including phenoxy) is 1. The van der Waals surface area contributed by atoms with Crippen molar-refractivity contribution in [1.82, 2.24) is 24.8 Å². The summed E-state index contributed by atoms with van der Waals surface area (Å²) < 4.78 is 6.20. The SMILES string of the molecule is CN1CC2CCN(c3ncc(Oc4cc(CN5CCC(CC(=O)O)CC5)cc(-c5cc(Cl)cc(Cl)c5)n4)cn3)C2C1. The maximum Gasteiger partial charge on any atom is 0.303 e. The summed E-state index contributed by atoms with van der Waals surface area (Å²) in [7, 11) is 2.17. The van der Waals surface area contributed by atoms with E-state index < -0.39 is 5.97 Å². The van der Waals surface area contributed by atoms with E-state index in [0.29, 0.717) is 45.9 Å². The van der Waals surface area contributed by atoms with E-state index in [1.807, 2.05) is 24.3 Å². The number of halogens is 2. The highest BCUT2D eigenvalue weighted by molar-refractivity contribution is 6.35. The average molecular weight is 598 g/mol. The summed E-state index contributed by atoms with van der Waals surface area (Å²) in [5.41, 5.74) is 2.53. The molecular formula is C30H34Cl2N6O3. The lowest BCUT2D eigenvalue weighted by molar-refractivity contribution is -0.138. The molecule has 0 saturated carbocycles. The number of benzene rings is 1. The van der Waals surface area contributed by atoms with Crippen LogP contribution in [0.3, 0.4) is 0 Å². The molecule has 9 nitrogen and oxygen atoms in total. The zero-order valence-electron chi connectivity index (χ0n) is 23.0. The molecule has 216 valence electrons. The summed E-state index contributed by atoms with van der Waals surface area (Å²) in [4.78, 5) is 32.2. The van der Waals surface area contributed by atoms with Crippen molar-refractivity contribution < 1.29 is 14.6 Å². The number of fused-ring (bicyclic) bond motifs is 1. The molecule has 3 fully saturated rings. The number of hydrogen-bond acceptors (Lipinski definition) is 8. The number of nitrogens with zero attached hydrogens (tertiary/aromatic N) is 6. The Hall–Kier alpha value is -2.98. The fourth-order valence-electron chi connectivity index (χ4n) is 6.46. The first-order valence-corrected chi connectivity index (χ1v) is 14.9. The summed E-state index contributed by atoms with van der Waals surface area (Å²) in [6, 6.07) is 9.80. The highest BCUT2D eigenvalue weighted by Crippen LogP contribution is 2.34. The number of aromatic nitrogens is 3. The largest absolute Gasteiger partial charge is 0.481 e. The van der Waals surface area contributed by atoms with Gasteiger partial charge in [-0.3, -0.25) is 9.69 Å². The van der Waals surface area contributed by atoms with Gasteiger partial charge in [0, 0.05) is 60.3 Å². The molecule has 11 heteroatoms. The first-order valence-electron chi connectivity index (χ1n) is 14.2. The van der Waals surface area contributed by atoms with Gasteiger partial charge in [0.15, 0.2) is 5.75 Å². The van der Waals surface area contributed by atoms with Gasteiger partial charge in [-0.05, 0) is 81.1 Å². The van der Waals surface area contributed by atoms with E-state index in [9.17, 15) is 4.79 Å². The molecule has 0 spiro atoms. The van der Waals surface area contributed by atoms with Crippen LogP contribution < -0.4 is 9.64 Å². The number of carbonyl (C=O) groups is 1. The van der Waals surface area contributed by atoms with Crippen molar-refractivity contribution in [3.05, 3.63) is 58.3 Å². The minimum absolute atomic E-state index is 0.230. The normalized spacial score (nSPS) is 21.8. The van der Waals surface area contributed by atoms with E-state index in [2.05, 4.69) is 31.7 Å². The molecule has 0 bridgehead atoms. The number of anilines is 1. The lowest BCUT2D eigenvalue weighted by Crippen LogP contribution is -2.35. The predicted octanol–water partition coefficient (Wildman–Crippen LogP) is 5.46. The lowest BCUT2D eigenvalue weighted by atomic mass is 9.93. The zero-order valence-corrected chi connectivity index (χ0v) is 24.6. The third-order valence-electron chi connectivity index (χ3n) is 8.42. The average Bonchev–Trinajstić information content (AvgIpc) is 3.48. The van der Waals surface area contributed by atoms with E-state index in [-0.39, 0.29) is 12.3 Å². The molecule has 3 aliphatic rings. The van der Waals surface area contributed by atoms with Gasteiger partial charge in [-0.1, -0.05) is 23.2 Å². The molecule has 1 N–H and O–H groups in total. The predicted molar refractivity (Wildman–Crippen MR) is 159 cm³/mol. The van der Waals surface area contributed by atoms with Gasteiger partial charge in [0.2, 0.25) is 11.8 Å². The molecule has 0 radical (unpaired) electrons. The number of aliphatic carboxylic acids is 1. The number of likely N-dealkylation sites (tertiary alicyclic amines) is 2. The van der Waals surface area contributed by atoms with Crippen molar-refractivity contribution in [3.63, 3.8) is 0 Å². The van der Waals surface area contributed by atoms with Crippen molar-refractivity contribution in [2.24, 2.45) is 11.8 Å². The van der Waals surface area contributed by atoms with Gasteiger partial charge in [0.25, 0.3) is 0 Å². The molecule has 2 aromatic heterocycles. The van der Waals surface area contributed by atoms with Crippen LogP contribution in [0, 0.1) is 11.8 Å². The van der Waals surface area contributed by atoms with Crippen LogP contribution in [0.15, 0.2) is 42.7 Å². The highest BCUT2D eigenvalue weighted by atomic mass is 35.5. The minimum atomic E-state index is -0.725. The second-order valence-corrected chi connectivity index (χ2v) is 12.4. The van der Waals surface area contributed by atoms with Gasteiger partial charge < -0.3 is 19.6 Å². The van der Waals surface area contributed by atoms with E-state index in [1.165, 1.54) is 6.42 Å². The smallest absolute Gasteiger partial charge is 0.303 e. The minimum Gasteiger partial charge on any atom is -0.481 e. The van der Waals surface area contributed by atoms with Crippen LogP contribution in [0.25, 0.3) is 11.3 Å². The van der Waals surface area contributed by atoms with Crippen LogP contribution in [-0.4, -0.2) is 81.6 Å². The topological polar surface area (TPSA) is 94.9 Å². The van der Waals surface area contributed by atoms with Crippen LogP contribution in [0.5, 0.6) is 11.6 Å². The Bertz CT molecular complexity index is 1380. The molecule has 6 rings (SSSR count). The Morgan fingerprint density at radius 2 is 1.73 bits per heavy atom. The lowest BCUT2D eigenvalue weighted by Gasteiger charge is -2.31. The Labute approximate surface area is 250 Å². The highest BCUT2D eigenvalue weighted by Gasteiger charge is 2.41. The van der Waals surface area contributed by atoms with Gasteiger partial charge in [-0.2, -0.15) is 0 Å². The summed E-state index contributed by atoms with van der Waals surface area (Å²) in [5, 5.41) is 10.2. The van der Waals surface area contributed by atoms with Crippen LogP contribution in [-0.2, 0) is 11.3 Å². The van der Waals surface area contributed by atoms with Crippen molar-refractivity contribution in [2.75, 3.05) is 44.7 Å². The van der Waals surface area contributed by atoms with Crippen LogP contribution >= 0.6 is 23.2 Å². The Balaban J connectivity index is 1.21. The van der Waals surface area contributed by atoms with Crippen molar-refractivity contribution in [2.45, 2.75) is 38.3 Å². The molecule has 2 unspecified atom stereocenters. The van der Waals surface area contributed by atoms with Crippen LogP contribution in [0.1, 0.15) is 31.2 Å². The number of carboxylic acid groups (broad SMARTS) is 1. The van der Waals surface area contributed by atoms with Crippen LogP contribution in [0.4, 0.5) is 5.95 Å². The maximum absolute atomic E-state index is 11.1. The van der Waals surface area contributed by atoms with Gasteiger partial charge in [-0.25, -0.2) is 15.0 Å². The number of rotatable bonds is 8. The van der Waals surface area contributed by atoms with Gasteiger partial charge in [-0.15, -0.1) is 0 Å². The molecular weight excluding hydrogens is 563 g/mol. The van der Waals surface area contributed by atoms with Gasteiger partial charge in [0.1, 0.15) is 0 Å². The molecule has 0 amide bonds. The van der Waals surface area contributed by atoms with Crippen LogP contribution in [0.2, 0.25) is 10.0 Å². The standard InChI is InChI=1S/C30H34Cl2N6O3/c1-36-17-21-4-7-38(27(21)18-36)30-33-14-25(15-34-30)41-28-9-20(16-37-5-2-19(3-6-37)10-29(39)40)8-26(35-28)22-11-23(31)13-24(32)12-22/h8-9,11-15,19,21,27H,2-7,10,16-18H2,1H3,(H,39,40). The van der Waals surface area contributed by atoms with E-state index >= 15 is 0 Å². The Morgan fingerprint density at radius 1 is 1.00 bits per heavy atom. The summed E-state index contributed by atoms with van der Waals surface area (Å²) >= 11 is 12.6. The summed E-state index contributed by atoms with van der Waals surface area (Å²) in [5.74, 6) is 1.87. The molecule has 2 atom stereocenters. The van der Waals surface area contributed by atoms with Gasteiger partial charge >= 0.3 is 5.97 Å². The Morgan fingerprint density at radius 3 is 2.44 bits per heavy atom. The van der Waals surface area contributed by atoms with Crippen molar-refractivity contribution >= 4 is 35.1 Å². The molecule has 0 aliphatic carbocycles.